The molecule has 1 atom stereocenters. The van der Waals surface area contributed by atoms with Gasteiger partial charge in [0.15, 0.2) is 11.0 Å². The van der Waals surface area contributed by atoms with Gasteiger partial charge in [0.1, 0.15) is 16.4 Å². The quantitative estimate of drug-likeness (QED) is 0.531. The summed E-state index contributed by atoms with van der Waals surface area (Å²) in [6, 6.07) is 0.137. The molecule has 0 aromatic carbocycles. The Bertz CT molecular complexity index is 763. The first-order chi connectivity index (χ1) is 10.6. The molecule has 4 rings (SSSR count). The van der Waals surface area contributed by atoms with Crippen LogP contribution >= 0.6 is 35.0 Å². The molecule has 2 aromatic heterocycles. The lowest BCUT2D eigenvalue weighted by Gasteiger charge is -2.28. The zero-order chi connectivity index (χ0) is 15.3. The van der Waals surface area contributed by atoms with Crippen molar-refractivity contribution in [3.8, 4) is 0 Å². The van der Waals surface area contributed by atoms with Crippen LogP contribution in [0.15, 0.2) is 5.03 Å². The van der Waals surface area contributed by atoms with Crippen LogP contribution in [0.1, 0.15) is 6.42 Å². The predicted molar refractivity (Wildman–Crippen MR) is 84.6 cm³/mol. The van der Waals surface area contributed by atoms with Gasteiger partial charge in [-0.2, -0.15) is 4.98 Å². The van der Waals surface area contributed by atoms with Crippen LogP contribution in [0.3, 0.4) is 0 Å². The second kappa shape index (κ2) is 5.63. The third-order valence-electron chi connectivity index (χ3n) is 3.79. The molecule has 2 aromatic rings. The lowest BCUT2D eigenvalue weighted by molar-refractivity contribution is 0.138. The molecule has 1 fully saturated rings. The molecule has 0 unspecified atom stereocenters. The van der Waals surface area contributed by atoms with Crippen molar-refractivity contribution < 1.29 is 9.13 Å². The average molecular weight is 361 g/mol. The number of aromatic nitrogens is 3. The Kier molecular flexibility index (Phi) is 3.76. The van der Waals surface area contributed by atoms with Crippen molar-refractivity contribution in [1.29, 1.82) is 0 Å². The number of rotatable bonds is 0. The maximum absolute atomic E-state index is 14.3. The topological polar surface area (TPSA) is 51.1 Å². The lowest BCUT2D eigenvalue weighted by Crippen LogP contribution is -2.39. The van der Waals surface area contributed by atoms with Crippen LogP contribution in [0, 0.1) is 5.82 Å². The number of nitrogens with zero attached hydrogens (tertiary/aromatic N) is 4. The molecule has 2 aliphatic heterocycles. The molecular formula is C13H11Cl2FN4OS. The fourth-order valence-electron chi connectivity index (χ4n) is 2.80. The number of halogens is 3. The summed E-state index contributed by atoms with van der Waals surface area (Å²) in [6.45, 7) is 2.08. The number of anilines is 1. The number of hydrogen-bond acceptors (Lipinski definition) is 6. The van der Waals surface area contributed by atoms with Gasteiger partial charge >= 0.3 is 0 Å². The van der Waals surface area contributed by atoms with E-state index in [4.69, 9.17) is 27.9 Å². The Morgan fingerprint density at radius 1 is 1.27 bits per heavy atom. The summed E-state index contributed by atoms with van der Waals surface area (Å²) < 4.78 is 20.0. The number of ether oxygens (including phenoxy) is 1. The second-order valence-electron chi connectivity index (χ2n) is 5.15. The van der Waals surface area contributed by atoms with Crippen molar-refractivity contribution in [1.82, 2.24) is 15.0 Å². The average Bonchev–Trinajstić information content (AvgIpc) is 2.80. The first-order valence-corrected chi connectivity index (χ1v) is 8.58. The van der Waals surface area contributed by atoms with Gasteiger partial charge in [0, 0.05) is 18.9 Å². The summed E-state index contributed by atoms with van der Waals surface area (Å²) in [5.41, 5.74) is 0.128. The van der Waals surface area contributed by atoms with Gasteiger partial charge in [-0.15, -0.1) is 11.8 Å². The molecule has 2 aliphatic rings. The molecule has 0 saturated carbocycles. The van der Waals surface area contributed by atoms with Gasteiger partial charge in [0.2, 0.25) is 5.28 Å². The molecule has 1 saturated heterocycles. The van der Waals surface area contributed by atoms with E-state index in [2.05, 4.69) is 19.9 Å². The molecule has 0 aliphatic carbocycles. The van der Waals surface area contributed by atoms with Gasteiger partial charge in [-0.3, -0.25) is 0 Å². The molecule has 0 N–H and O–H groups in total. The minimum atomic E-state index is -0.656. The van der Waals surface area contributed by atoms with Crippen LogP contribution in [-0.4, -0.2) is 46.5 Å². The van der Waals surface area contributed by atoms with Crippen molar-refractivity contribution in [2.24, 2.45) is 0 Å². The molecule has 0 bridgehead atoms. The van der Waals surface area contributed by atoms with Crippen molar-refractivity contribution >= 4 is 51.7 Å². The molecule has 4 heterocycles. The summed E-state index contributed by atoms with van der Waals surface area (Å²) in [6.07, 6.45) is 0.878. The predicted octanol–water partition coefficient (Wildman–Crippen LogP) is 3.17. The van der Waals surface area contributed by atoms with E-state index < -0.39 is 5.82 Å². The van der Waals surface area contributed by atoms with Crippen molar-refractivity contribution in [2.45, 2.75) is 17.5 Å². The maximum Gasteiger partial charge on any atom is 0.225 e. The largest absolute Gasteiger partial charge is 0.379 e. The van der Waals surface area contributed by atoms with Crippen LogP contribution in [0.5, 0.6) is 0 Å². The Labute approximate surface area is 140 Å². The van der Waals surface area contributed by atoms with Gasteiger partial charge in [0.05, 0.1) is 18.0 Å². The highest BCUT2D eigenvalue weighted by molar-refractivity contribution is 7.99. The van der Waals surface area contributed by atoms with Gasteiger partial charge in [-0.05, 0) is 18.0 Å². The molecule has 9 heteroatoms. The van der Waals surface area contributed by atoms with Gasteiger partial charge < -0.3 is 9.64 Å². The molecule has 0 amide bonds. The number of thioether (sulfide) groups is 1. The van der Waals surface area contributed by atoms with E-state index in [1.165, 1.54) is 11.8 Å². The first kappa shape index (κ1) is 14.7. The summed E-state index contributed by atoms with van der Waals surface area (Å²) >= 11 is 13.4. The van der Waals surface area contributed by atoms with E-state index in [1.54, 1.807) is 0 Å². The lowest BCUT2D eigenvalue weighted by atomic mass is 10.2. The van der Waals surface area contributed by atoms with Crippen LogP contribution in [-0.2, 0) is 4.74 Å². The van der Waals surface area contributed by atoms with Crippen LogP contribution < -0.4 is 4.90 Å². The molecule has 5 nitrogen and oxygen atoms in total. The maximum atomic E-state index is 14.3. The normalized spacial score (nSPS) is 21.4. The molecule has 22 heavy (non-hydrogen) atoms. The minimum absolute atomic E-state index is 0.00503. The molecular weight excluding hydrogens is 350 g/mol. The van der Waals surface area contributed by atoms with Gasteiger partial charge in [0.25, 0.3) is 0 Å². The summed E-state index contributed by atoms with van der Waals surface area (Å²) in [4.78, 5) is 14.7. The Balaban J connectivity index is 2.02. The van der Waals surface area contributed by atoms with Crippen molar-refractivity contribution in [3.63, 3.8) is 0 Å². The third kappa shape index (κ3) is 2.31. The summed E-state index contributed by atoms with van der Waals surface area (Å²) in [5, 5.41) is 1.04. The van der Waals surface area contributed by atoms with Gasteiger partial charge in [-0.1, -0.05) is 11.6 Å². The van der Waals surface area contributed by atoms with E-state index in [-0.39, 0.29) is 22.0 Å². The SMILES string of the molecule is Fc1c(Cl)nc2c3c(nc(Cl)nc13)N1CCCOC[C@H]1CS2. The smallest absolute Gasteiger partial charge is 0.225 e. The summed E-state index contributed by atoms with van der Waals surface area (Å²) in [7, 11) is 0. The number of pyridine rings is 1. The van der Waals surface area contributed by atoms with Gasteiger partial charge in [-0.25, -0.2) is 14.4 Å². The second-order valence-corrected chi connectivity index (χ2v) is 6.85. The number of hydrogen-bond donors (Lipinski definition) is 0. The van der Waals surface area contributed by atoms with E-state index in [1.807, 2.05) is 0 Å². The van der Waals surface area contributed by atoms with Crippen molar-refractivity contribution in [2.75, 3.05) is 30.4 Å². The standard InChI is InChI=1S/C13H11Cl2FN4OS/c14-10-8(16)9-7-11(19-13(15)17-9)20-2-1-3-21-4-6(20)5-22-12(7)18-10/h6H,1-5H2/t6-/m0/s1. The van der Waals surface area contributed by atoms with E-state index >= 15 is 0 Å². The van der Waals surface area contributed by atoms with Crippen LogP contribution in [0.2, 0.25) is 10.4 Å². The van der Waals surface area contributed by atoms with Crippen LogP contribution in [0.25, 0.3) is 10.9 Å². The fraction of sp³-hybridized carbons (Fsp3) is 0.462. The Morgan fingerprint density at radius 2 is 2.14 bits per heavy atom. The fourth-order valence-corrected chi connectivity index (χ4v) is 4.31. The van der Waals surface area contributed by atoms with Crippen LogP contribution in [0.4, 0.5) is 10.2 Å². The Morgan fingerprint density at radius 3 is 3.00 bits per heavy atom. The first-order valence-electron chi connectivity index (χ1n) is 6.84. The zero-order valence-electron chi connectivity index (χ0n) is 11.4. The Hall–Kier alpha value is -0.890. The molecule has 0 spiro atoms. The van der Waals surface area contributed by atoms with E-state index in [0.717, 1.165) is 18.7 Å². The molecule has 0 radical (unpaired) electrons. The minimum Gasteiger partial charge on any atom is -0.379 e. The highest BCUT2D eigenvalue weighted by Crippen LogP contribution is 2.40. The van der Waals surface area contributed by atoms with E-state index in [0.29, 0.717) is 29.4 Å². The number of fused-ring (bicyclic) bond motifs is 2. The summed E-state index contributed by atoms with van der Waals surface area (Å²) in [5.74, 6) is 0.725. The molecule has 116 valence electrons. The third-order valence-corrected chi connectivity index (χ3v) is 5.33. The van der Waals surface area contributed by atoms with E-state index in [9.17, 15) is 4.39 Å². The highest BCUT2D eigenvalue weighted by atomic mass is 35.5. The van der Waals surface area contributed by atoms with Crippen molar-refractivity contribution in [3.05, 3.63) is 16.3 Å². The monoisotopic (exact) mass is 360 g/mol. The highest BCUT2D eigenvalue weighted by Gasteiger charge is 2.31. The zero-order valence-corrected chi connectivity index (χ0v) is 13.7.